The van der Waals surface area contributed by atoms with Gasteiger partial charge in [0.05, 0.1) is 17.1 Å². The maximum Gasteiger partial charge on any atom is 0.269 e. The number of carbonyl (C=O) groups is 4. The topological polar surface area (TPSA) is 160 Å². The zero-order valence-corrected chi connectivity index (χ0v) is 29.3. The van der Waals surface area contributed by atoms with E-state index in [0.29, 0.717) is 41.8 Å². The average Bonchev–Trinajstić information content (AvgIpc) is 3.73. The molecule has 0 spiro atoms. The highest BCUT2D eigenvalue weighted by molar-refractivity contribution is 6.72. The van der Waals surface area contributed by atoms with Gasteiger partial charge in [-0.2, -0.15) is 5.10 Å². The van der Waals surface area contributed by atoms with Crippen molar-refractivity contribution in [2.24, 2.45) is 11.7 Å². The number of amides is 4. The fraction of sp³-hybridized carbons (Fsp3) is 0.485. The molecule has 0 bridgehead atoms. The lowest BCUT2D eigenvalue weighted by molar-refractivity contribution is -0.139. The van der Waals surface area contributed by atoms with E-state index >= 15 is 0 Å². The Morgan fingerprint density at radius 1 is 1.19 bits per heavy atom. The number of carbonyl (C=O) groups excluding carboxylic acids is 4. The molecule has 1 heterocycles. The van der Waals surface area contributed by atoms with Crippen molar-refractivity contribution in [3.63, 3.8) is 0 Å². The molecule has 5 N–H and O–H groups in total. The number of fused-ring (bicyclic) bond motifs is 1. The molecule has 1 atom stereocenters. The molecule has 0 unspecified atom stereocenters. The van der Waals surface area contributed by atoms with Crippen LogP contribution in [0.5, 0.6) is 0 Å². The largest absolute Gasteiger partial charge is 0.432 e. The van der Waals surface area contributed by atoms with Gasteiger partial charge in [-0.25, -0.2) is 4.39 Å². The van der Waals surface area contributed by atoms with Gasteiger partial charge in [-0.15, -0.1) is 0 Å². The third kappa shape index (κ3) is 9.17. The zero-order chi connectivity index (χ0) is 34.7. The summed E-state index contributed by atoms with van der Waals surface area (Å²) < 4.78 is 15.8. The number of nitrogens with zero attached hydrogens (tertiary/aromatic N) is 3. The monoisotopic (exact) mass is 686 g/mol. The fourth-order valence-electron chi connectivity index (χ4n) is 5.19. The van der Waals surface area contributed by atoms with Crippen LogP contribution in [0.1, 0.15) is 68.9 Å². The van der Waals surface area contributed by atoms with Gasteiger partial charge in [0.15, 0.2) is 14.0 Å². The Morgan fingerprint density at radius 3 is 2.53 bits per heavy atom. The number of nitrogens with one attached hydrogen (secondary N) is 2. The molecular weight excluding hydrogens is 643 g/mol. The van der Waals surface area contributed by atoms with Crippen LogP contribution in [0.15, 0.2) is 36.4 Å². The number of hydrogen-bond donors (Lipinski definition) is 4. The van der Waals surface area contributed by atoms with Crippen LogP contribution in [0.2, 0.25) is 23.2 Å². The van der Waals surface area contributed by atoms with Crippen molar-refractivity contribution in [2.75, 3.05) is 11.9 Å². The first-order valence-electron chi connectivity index (χ1n) is 15.8. The minimum atomic E-state index is -2.54. The van der Waals surface area contributed by atoms with E-state index in [1.807, 2.05) is 33.9 Å². The van der Waals surface area contributed by atoms with E-state index in [1.165, 1.54) is 21.7 Å². The van der Waals surface area contributed by atoms with Gasteiger partial charge >= 0.3 is 0 Å². The van der Waals surface area contributed by atoms with Crippen LogP contribution in [0, 0.1) is 11.7 Å². The Hall–Kier alpha value is -3.81. The summed E-state index contributed by atoms with van der Waals surface area (Å²) in [7, 11) is -2.54. The Kier molecular flexibility index (Phi) is 11.1. The zero-order valence-electron chi connectivity index (χ0n) is 27.5. The molecule has 1 fully saturated rings. The molecule has 0 aliphatic heterocycles. The third-order valence-corrected chi connectivity index (χ3v) is 13.1. The predicted octanol–water partition coefficient (Wildman–Crippen LogP) is 4.96. The predicted molar refractivity (Wildman–Crippen MR) is 182 cm³/mol. The summed E-state index contributed by atoms with van der Waals surface area (Å²) in [4.78, 5) is 64.0. The lowest BCUT2D eigenvalue weighted by atomic mass is 10.0. The Balaban J connectivity index is 1.56. The van der Waals surface area contributed by atoms with Gasteiger partial charge in [0.2, 0.25) is 17.7 Å². The molecule has 4 rings (SSSR count). The average molecular weight is 687 g/mol. The molecule has 4 amide bonds. The molecule has 47 heavy (non-hydrogen) atoms. The molecule has 1 saturated carbocycles. The van der Waals surface area contributed by atoms with Crippen LogP contribution in [0.25, 0.3) is 10.9 Å². The highest BCUT2D eigenvalue weighted by atomic mass is 35.5. The lowest BCUT2D eigenvalue weighted by Crippen LogP contribution is -2.47. The fourth-order valence-corrected chi connectivity index (χ4v) is 6.14. The minimum absolute atomic E-state index is 0.0520. The second-order valence-corrected chi connectivity index (χ2v) is 18.5. The highest BCUT2D eigenvalue weighted by Gasteiger charge is 2.38. The van der Waals surface area contributed by atoms with Gasteiger partial charge in [-0.1, -0.05) is 37.6 Å². The van der Waals surface area contributed by atoms with Crippen molar-refractivity contribution in [3.05, 3.63) is 58.5 Å². The number of benzene rings is 2. The van der Waals surface area contributed by atoms with Crippen LogP contribution in [-0.2, 0) is 27.5 Å². The minimum Gasteiger partial charge on any atom is -0.432 e. The van der Waals surface area contributed by atoms with Crippen molar-refractivity contribution in [3.8, 4) is 0 Å². The van der Waals surface area contributed by atoms with E-state index < -0.39 is 37.9 Å². The van der Waals surface area contributed by atoms with Crippen molar-refractivity contribution in [2.45, 2.75) is 90.1 Å². The standard InChI is InChI=1S/C33H44ClFN6O5Si/c1-20(13-14-33(2,3)47(4,5)46)40(18-28(43)37-17-22-7-6-8-25(34)30(22)35)29(44)19-41-26-12-11-23(38-27(42)15-21-9-10-21)16-24(26)31(39-41)32(36)45/h6-8,11-12,16,20-21,46H,9-10,13-15,17-19H2,1-5H3,(H2,36,45)(H,37,43)(H,38,42)/t20-/m1/s1. The van der Waals surface area contributed by atoms with Gasteiger partial charge in [-0.3, -0.25) is 23.9 Å². The summed E-state index contributed by atoms with van der Waals surface area (Å²) >= 11 is 5.88. The summed E-state index contributed by atoms with van der Waals surface area (Å²) in [6.07, 6.45) is 3.61. The van der Waals surface area contributed by atoms with E-state index in [-0.39, 0.29) is 46.9 Å². The van der Waals surface area contributed by atoms with Crippen LogP contribution >= 0.6 is 11.6 Å². The van der Waals surface area contributed by atoms with Gasteiger partial charge in [-0.05, 0) is 80.9 Å². The first-order chi connectivity index (χ1) is 22.0. The van der Waals surface area contributed by atoms with E-state index in [2.05, 4.69) is 15.7 Å². The molecule has 254 valence electrons. The Labute approximate surface area is 280 Å². The number of aromatic nitrogens is 2. The van der Waals surface area contributed by atoms with Crippen LogP contribution in [0.4, 0.5) is 10.1 Å². The number of nitrogens with two attached hydrogens (primary N) is 1. The smallest absolute Gasteiger partial charge is 0.269 e. The van der Waals surface area contributed by atoms with E-state index in [0.717, 1.165) is 12.8 Å². The van der Waals surface area contributed by atoms with E-state index in [9.17, 15) is 28.4 Å². The molecule has 0 saturated heterocycles. The van der Waals surface area contributed by atoms with Crippen LogP contribution < -0.4 is 16.4 Å². The first kappa shape index (κ1) is 36.0. The van der Waals surface area contributed by atoms with Crippen molar-refractivity contribution < 1.29 is 28.4 Å². The molecule has 11 nitrogen and oxygen atoms in total. The van der Waals surface area contributed by atoms with Crippen molar-refractivity contribution >= 4 is 60.1 Å². The number of anilines is 1. The number of rotatable bonds is 15. The van der Waals surface area contributed by atoms with Crippen LogP contribution in [0.3, 0.4) is 0 Å². The van der Waals surface area contributed by atoms with Gasteiger partial charge in [0, 0.05) is 35.6 Å². The number of primary amides is 1. The Morgan fingerprint density at radius 2 is 1.89 bits per heavy atom. The quantitative estimate of drug-likeness (QED) is 0.166. The second-order valence-electron chi connectivity index (χ2n) is 13.6. The summed E-state index contributed by atoms with van der Waals surface area (Å²) in [5.74, 6) is -2.08. The highest BCUT2D eigenvalue weighted by Crippen LogP contribution is 2.40. The van der Waals surface area contributed by atoms with E-state index in [1.54, 1.807) is 24.3 Å². The maximum absolute atomic E-state index is 14.4. The Bertz CT molecular complexity index is 1670. The van der Waals surface area contributed by atoms with Crippen molar-refractivity contribution in [1.29, 1.82) is 0 Å². The molecule has 1 aliphatic rings. The van der Waals surface area contributed by atoms with Crippen molar-refractivity contribution in [1.82, 2.24) is 20.0 Å². The summed E-state index contributed by atoms with van der Waals surface area (Å²) in [6, 6.07) is 9.03. The van der Waals surface area contributed by atoms with Gasteiger partial charge < -0.3 is 26.1 Å². The molecule has 3 aromatic rings. The lowest BCUT2D eigenvalue weighted by Gasteiger charge is -2.37. The van der Waals surface area contributed by atoms with Gasteiger partial charge in [0.1, 0.15) is 12.4 Å². The molecule has 14 heteroatoms. The van der Waals surface area contributed by atoms with Crippen LogP contribution in [-0.4, -0.2) is 64.0 Å². The molecule has 1 aromatic heterocycles. The van der Waals surface area contributed by atoms with E-state index in [4.69, 9.17) is 17.3 Å². The number of halogens is 2. The van der Waals surface area contributed by atoms with Gasteiger partial charge in [0.25, 0.3) is 5.91 Å². The summed E-state index contributed by atoms with van der Waals surface area (Å²) in [6.45, 7) is 8.81. The molecular formula is C33H44ClFN6O5Si. The summed E-state index contributed by atoms with van der Waals surface area (Å²) in [5, 5.41) is 9.82. The molecule has 1 aliphatic carbocycles. The maximum atomic E-state index is 14.4. The second kappa shape index (κ2) is 14.5. The third-order valence-electron chi connectivity index (χ3n) is 9.24. The number of hydrogen-bond acceptors (Lipinski definition) is 6. The normalized spacial score (nSPS) is 14.1. The SMILES string of the molecule is C[C@H](CCC(C)(C)[Si](C)(C)O)N(CC(=O)NCc1cccc(Cl)c1F)C(=O)Cn1nc(C(N)=O)c2cc(NC(=O)CC3CC3)ccc21. The summed E-state index contributed by atoms with van der Waals surface area (Å²) in [5.41, 5.74) is 6.73. The first-order valence-corrected chi connectivity index (χ1v) is 19.1. The molecule has 2 aromatic carbocycles. The molecule has 0 radical (unpaired) electrons.